The molecular weight excluding hydrogens is 374 g/mol. The Balaban J connectivity index is 1.71. The summed E-state index contributed by atoms with van der Waals surface area (Å²) in [5, 5.41) is 0. The van der Waals surface area contributed by atoms with Crippen LogP contribution in [0.25, 0.3) is 0 Å². The summed E-state index contributed by atoms with van der Waals surface area (Å²) in [5.74, 6) is -0.520. The number of aryl methyl sites for hydroxylation is 2. The van der Waals surface area contributed by atoms with Gasteiger partial charge < -0.3 is 14.5 Å². The van der Waals surface area contributed by atoms with E-state index in [1.54, 1.807) is 11.9 Å². The zero-order chi connectivity index (χ0) is 21.0. The number of methoxy groups -OCH3 is 1. The Morgan fingerprint density at radius 3 is 2.59 bits per heavy atom. The van der Waals surface area contributed by atoms with Crippen LogP contribution < -0.4 is 4.90 Å². The summed E-state index contributed by atoms with van der Waals surface area (Å²) in [4.78, 5) is 48.3. The molecule has 29 heavy (non-hydrogen) atoms. The van der Waals surface area contributed by atoms with Gasteiger partial charge in [-0.25, -0.2) is 9.79 Å². The van der Waals surface area contributed by atoms with Crippen LogP contribution in [0.2, 0.25) is 0 Å². The molecule has 1 saturated heterocycles. The Kier molecular flexibility index (Phi) is 4.33. The van der Waals surface area contributed by atoms with Crippen molar-refractivity contribution in [3.8, 4) is 0 Å². The number of fused-ring (bicyclic) bond motifs is 3. The molecular formula is C20H23N5O4. The van der Waals surface area contributed by atoms with Crippen molar-refractivity contribution >= 4 is 29.6 Å². The molecule has 3 aliphatic heterocycles. The second-order valence-electron chi connectivity index (χ2n) is 7.48. The number of anilines is 1. The van der Waals surface area contributed by atoms with Crippen molar-refractivity contribution < 1.29 is 19.1 Å². The zero-order valence-corrected chi connectivity index (χ0v) is 17.0. The van der Waals surface area contributed by atoms with Crippen LogP contribution in [0.1, 0.15) is 18.1 Å². The van der Waals surface area contributed by atoms with Gasteiger partial charge in [0.25, 0.3) is 5.91 Å². The maximum absolute atomic E-state index is 13.1. The maximum atomic E-state index is 13.1. The summed E-state index contributed by atoms with van der Waals surface area (Å²) in [6.45, 7) is 5.59. The van der Waals surface area contributed by atoms with Crippen LogP contribution in [0, 0.1) is 13.8 Å². The molecule has 2 atom stereocenters. The third-order valence-corrected chi connectivity index (χ3v) is 5.50. The molecule has 3 amide bonds. The molecule has 9 heteroatoms. The third kappa shape index (κ3) is 2.76. The molecule has 0 aromatic heterocycles. The van der Waals surface area contributed by atoms with E-state index in [2.05, 4.69) is 10.8 Å². The van der Waals surface area contributed by atoms with Crippen molar-refractivity contribution in [2.45, 2.75) is 33.0 Å². The SMILES string of the molecule is COC(=O)CN1C(=O)C2C(N=C3N(c4ccc(C)cc4C)C(C)=CN32)N(C)C1=O. The van der Waals surface area contributed by atoms with Gasteiger partial charge in [0.15, 0.2) is 12.2 Å². The van der Waals surface area contributed by atoms with Crippen LogP contribution in [0.5, 0.6) is 0 Å². The molecule has 3 heterocycles. The van der Waals surface area contributed by atoms with E-state index < -0.39 is 36.7 Å². The van der Waals surface area contributed by atoms with Crippen LogP contribution in [0.4, 0.5) is 10.5 Å². The van der Waals surface area contributed by atoms with E-state index in [1.165, 1.54) is 12.0 Å². The Hall–Kier alpha value is -3.36. The average molecular weight is 397 g/mol. The molecule has 0 N–H and O–H groups in total. The van der Waals surface area contributed by atoms with Crippen molar-refractivity contribution in [1.29, 1.82) is 0 Å². The summed E-state index contributed by atoms with van der Waals surface area (Å²) in [6, 6.07) is 4.86. The maximum Gasteiger partial charge on any atom is 0.328 e. The number of esters is 1. The second kappa shape index (κ2) is 6.61. The van der Waals surface area contributed by atoms with Crippen LogP contribution >= 0.6 is 0 Å². The van der Waals surface area contributed by atoms with Gasteiger partial charge >= 0.3 is 12.0 Å². The standard InChI is InChI=1S/C20H23N5O4/c1-11-6-7-14(12(2)8-11)25-13(3)9-23-16-17(21-19(23)25)22(4)20(28)24(18(16)27)10-15(26)29-5/h6-9,16-17H,10H2,1-5H3. The molecule has 4 rings (SSSR count). The molecule has 0 bridgehead atoms. The molecule has 1 fully saturated rings. The van der Waals surface area contributed by atoms with Gasteiger partial charge in [0.05, 0.1) is 12.8 Å². The number of urea groups is 1. The number of hydrogen-bond donors (Lipinski definition) is 0. The predicted octanol–water partition coefficient (Wildman–Crippen LogP) is 1.42. The Morgan fingerprint density at radius 1 is 1.21 bits per heavy atom. The number of allylic oxidation sites excluding steroid dienone is 1. The van der Waals surface area contributed by atoms with Gasteiger partial charge in [-0.2, -0.15) is 0 Å². The number of ether oxygens (including phenoxy) is 1. The largest absolute Gasteiger partial charge is 0.468 e. The first-order valence-electron chi connectivity index (χ1n) is 9.31. The highest BCUT2D eigenvalue weighted by atomic mass is 16.5. The summed E-state index contributed by atoms with van der Waals surface area (Å²) in [6.07, 6.45) is 1.21. The van der Waals surface area contributed by atoms with E-state index in [0.717, 1.165) is 27.4 Å². The Bertz CT molecular complexity index is 985. The fourth-order valence-electron chi connectivity index (χ4n) is 4.05. The molecule has 152 valence electrons. The first-order valence-corrected chi connectivity index (χ1v) is 9.31. The lowest BCUT2D eigenvalue weighted by Crippen LogP contribution is -2.65. The predicted molar refractivity (Wildman–Crippen MR) is 106 cm³/mol. The quantitative estimate of drug-likeness (QED) is 0.717. The lowest BCUT2D eigenvalue weighted by atomic mass is 10.1. The van der Waals surface area contributed by atoms with Crippen molar-refractivity contribution in [2.24, 2.45) is 4.99 Å². The number of carbonyl (C=O) groups excluding carboxylic acids is 3. The summed E-state index contributed by atoms with van der Waals surface area (Å²) >= 11 is 0. The van der Waals surface area contributed by atoms with Gasteiger partial charge in [-0.15, -0.1) is 0 Å². The number of carbonyl (C=O) groups is 3. The number of aliphatic imine (C=N–C) groups is 1. The minimum absolute atomic E-state index is 0.422. The fourth-order valence-corrected chi connectivity index (χ4v) is 4.05. The Morgan fingerprint density at radius 2 is 1.93 bits per heavy atom. The van der Waals surface area contributed by atoms with Crippen molar-refractivity contribution in [3.63, 3.8) is 0 Å². The summed E-state index contributed by atoms with van der Waals surface area (Å²) in [5.41, 5.74) is 4.13. The van der Waals surface area contributed by atoms with Gasteiger partial charge in [-0.3, -0.25) is 19.4 Å². The lowest BCUT2D eigenvalue weighted by molar-refractivity contribution is -0.148. The monoisotopic (exact) mass is 397 g/mol. The van der Waals surface area contributed by atoms with E-state index in [4.69, 9.17) is 4.99 Å². The van der Waals surface area contributed by atoms with Gasteiger partial charge in [0.1, 0.15) is 6.54 Å². The minimum atomic E-state index is -0.719. The van der Waals surface area contributed by atoms with Crippen LogP contribution in [0.15, 0.2) is 35.1 Å². The molecule has 1 aromatic carbocycles. The van der Waals surface area contributed by atoms with Gasteiger partial charge in [-0.05, 0) is 32.4 Å². The van der Waals surface area contributed by atoms with E-state index >= 15 is 0 Å². The van der Waals surface area contributed by atoms with E-state index in [1.807, 2.05) is 44.0 Å². The lowest BCUT2D eigenvalue weighted by Gasteiger charge is -2.39. The number of imide groups is 1. The topological polar surface area (TPSA) is 85.8 Å². The molecule has 0 radical (unpaired) electrons. The summed E-state index contributed by atoms with van der Waals surface area (Å²) in [7, 11) is 2.81. The first-order chi connectivity index (χ1) is 13.7. The number of rotatable bonds is 3. The molecule has 1 aromatic rings. The Labute approximate surface area is 168 Å². The first kappa shape index (κ1) is 19.0. The number of guanidine groups is 1. The molecule has 3 aliphatic rings. The van der Waals surface area contributed by atoms with Gasteiger partial charge in [0.2, 0.25) is 5.96 Å². The number of benzene rings is 1. The van der Waals surface area contributed by atoms with Crippen LogP contribution in [0.3, 0.4) is 0 Å². The third-order valence-electron chi connectivity index (χ3n) is 5.50. The molecule has 0 spiro atoms. The normalized spacial score (nSPS) is 23.2. The highest BCUT2D eigenvalue weighted by molar-refractivity contribution is 6.10. The smallest absolute Gasteiger partial charge is 0.328 e. The zero-order valence-electron chi connectivity index (χ0n) is 17.0. The molecule has 9 nitrogen and oxygen atoms in total. The second-order valence-corrected chi connectivity index (χ2v) is 7.48. The van der Waals surface area contributed by atoms with E-state index in [9.17, 15) is 14.4 Å². The highest BCUT2D eigenvalue weighted by Gasteiger charge is 2.54. The van der Waals surface area contributed by atoms with Gasteiger partial charge in [-0.1, -0.05) is 17.7 Å². The van der Waals surface area contributed by atoms with Crippen molar-refractivity contribution in [2.75, 3.05) is 25.6 Å². The average Bonchev–Trinajstić information content (AvgIpc) is 3.18. The fraction of sp³-hybridized carbons (Fsp3) is 0.400. The summed E-state index contributed by atoms with van der Waals surface area (Å²) < 4.78 is 4.63. The van der Waals surface area contributed by atoms with Gasteiger partial charge in [0, 0.05) is 18.9 Å². The highest BCUT2D eigenvalue weighted by Crippen LogP contribution is 2.37. The van der Waals surface area contributed by atoms with E-state index in [-0.39, 0.29) is 0 Å². The number of nitrogens with zero attached hydrogens (tertiary/aromatic N) is 5. The van der Waals surface area contributed by atoms with Crippen molar-refractivity contribution in [3.05, 3.63) is 41.2 Å². The van der Waals surface area contributed by atoms with Crippen LogP contribution in [-0.2, 0) is 14.3 Å². The minimum Gasteiger partial charge on any atom is -0.468 e. The molecule has 0 saturated carbocycles. The molecule has 0 aliphatic carbocycles. The molecule has 2 unspecified atom stereocenters. The number of hydrogen-bond acceptors (Lipinski definition) is 7. The van der Waals surface area contributed by atoms with Crippen molar-refractivity contribution in [1.82, 2.24) is 14.7 Å². The number of amides is 3. The van der Waals surface area contributed by atoms with Crippen LogP contribution in [-0.4, -0.2) is 71.5 Å². The van der Waals surface area contributed by atoms with E-state index in [0.29, 0.717) is 5.96 Å². The number of likely N-dealkylation sites (N-methyl/N-ethyl adjacent to an activating group) is 1.